The zero-order valence-electron chi connectivity index (χ0n) is 17.9. The Morgan fingerprint density at radius 3 is 2.62 bits per heavy atom. The number of ether oxygens (including phenoxy) is 2. The van der Waals surface area contributed by atoms with Crippen molar-refractivity contribution in [2.45, 2.75) is 20.3 Å². The zero-order valence-corrected chi connectivity index (χ0v) is 21.1. The molecule has 0 aliphatic carbocycles. The topological polar surface area (TPSA) is 51.1 Å². The van der Waals surface area contributed by atoms with E-state index in [1.54, 1.807) is 23.1 Å². The minimum Gasteiger partial charge on any atom is -0.490 e. The maximum absolute atomic E-state index is 13.1. The Morgan fingerprint density at radius 2 is 1.97 bits per heavy atom. The average molecular weight is 536 g/mol. The molecule has 1 amide bonds. The number of amidine groups is 1. The Labute approximate surface area is 206 Å². The maximum Gasteiger partial charge on any atom is 0.266 e. The van der Waals surface area contributed by atoms with Gasteiger partial charge in [-0.3, -0.25) is 9.69 Å². The minimum absolute atomic E-state index is 0.0642. The third-order valence-corrected chi connectivity index (χ3v) is 6.21. The van der Waals surface area contributed by atoms with Crippen molar-refractivity contribution in [1.82, 2.24) is 4.90 Å². The van der Waals surface area contributed by atoms with Gasteiger partial charge in [0.15, 0.2) is 16.7 Å². The first-order chi connectivity index (χ1) is 15.5. The van der Waals surface area contributed by atoms with Crippen LogP contribution in [0.15, 0.2) is 63.4 Å². The molecule has 0 N–H and O–H groups in total. The second kappa shape index (κ2) is 11.6. The summed E-state index contributed by atoms with van der Waals surface area (Å²) in [5.41, 5.74) is 1.57. The van der Waals surface area contributed by atoms with Gasteiger partial charge in [0.2, 0.25) is 0 Å². The third kappa shape index (κ3) is 5.97. The Kier molecular flexibility index (Phi) is 8.84. The van der Waals surface area contributed by atoms with E-state index in [1.807, 2.05) is 44.2 Å². The van der Waals surface area contributed by atoms with Crippen LogP contribution in [0, 0.1) is 0 Å². The lowest BCUT2D eigenvalue weighted by molar-refractivity contribution is -0.122. The Bertz CT molecular complexity index is 1050. The number of benzene rings is 2. The first-order valence-electron chi connectivity index (χ1n) is 10.2. The molecule has 0 unspecified atom stereocenters. The number of halogens is 2. The molecule has 1 aliphatic rings. The number of amides is 1. The zero-order chi connectivity index (χ0) is 23.1. The Morgan fingerprint density at radius 1 is 1.22 bits per heavy atom. The van der Waals surface area contributed by atoms with E-state index in [0.717, 1.165) is 22.1 Å². The number of hydrogen-bond acceptors (Lipinski definition) is 5. The molecule has 2 aromatic rings. The van der Waals surface area contributed by atoms with E-state index in [9.17, 15) is 4.79 Å². The van der Waals surface area contributed by atoms with Gasteiger partial charge in [0.1, 0.15) is 6.61 Å². The van der Waals surface area contributed by atoms with Crippen LogP contribution in [0.4, 0.5) is 5.69 Å². The number of nitrogens with zero attached hydrogens (tertiary/aromatic N) is 2. The molecule has 1 saturated heterocycles. The van der Waals surface area contributed by atoms with Gasteiger partial charge >= 0.3 is 0 Å². The fourth-order valence-corrected chi connectivity index (χ4v) is 4.73. The van der Waals surface area contributed by atoms with Crippen LogP contribution in [0.5, 0.6) is 11.5 Å². The van der Waals surface area contributed by atoms with E-state index in [1.165, 1.54) is 11.8 Å². The van der Waals surface area contributed by atoms with Crippen LogP contribution in [0.2, 0.25) is 5.02 Å². The van der Waals surface area contributed by atoms with Crippen molar-refractivity contribution in [1.29, 1.82) is 0 Å². The van der Waals surface area contributed by atoms with E-state index < -0.39 is 0 Å². The quantitative estimate of drug-likeness (QED) is 0.254. The van der Waals surface area contributed by atoms with Crippen LogP contribution in [0.1, 0.15) is 25.8 Å². The predicted octanol–water partition coefficient (Wildman–Crippen LogP) is 7.08. The van der Waals surface area contributed by atoms with Crippen LogP contribution in [0.3, 0.4) is 0 Å². The molecule has 2 aromatic carbocycles. The summed E-state index contributed by atoms with van der Waals surface area (Å²) in [5, 5.41) is 1.30. The van der Waals surface area contributed by atoms with Crippen molar-refractivity contribution in [3.05, 3.63) is 69.0 Å². The molecule has 0 bridgehead atoms. The number of hydrogen-bond donors (Lipinski definition) is 0. The highest BCUT2D eigenvalue weighted by molar-refractivity contribution is 9.10. The summed E-state index contributed by atoms with van der Waals surface area (Å²) in [4.78, 5) is 20.1. The van der Waals surface area contributed by atoms with Gasteiger partial charge in [-0.1, -0.05) is 31.2 Å². The average Bonchev–Trinajstić information content (AvgIpc) is 3.04. The summed E-state index contributed by atoms with van der Waals surface area (Å²) in [5.74, 6) is 1.15. The van der Waals surface area contributed by atoms with Gasteiger partial charge in [-0.25, -0.2) is 4.99 Å². The SMILES string of the molecule is C=CCOc1c(Br)cc(/C=C2\SC(=Nc3ccc(Cl)cc3)N(CCC)C2=O)cc1OCC. The van der Waals surface area contributed by atoms with E-state index >= 15 is 0 Å². The molecule has 0 spiro atoms. The highest BCUT2D eigenvalue weighted by atomic mass is 79.9. The summed E-state index contributed by atoms with van der Waals surface area (Å²) < 4.78 is 12.2. The number of rotatable bonds is 9. The lowest BCUT2D eigenvalue weighted by Gasteiger charge is -2.14. The molecule has 8 heteroatoms. The molecule has 3 rings (SSSR count). The second-order valence-electron chi connectivity index (χ2n) is 6.80. The molecule has 0 saturated carbocycles. The molecule has 32 heavy (non-hydrogen) atoms. The van der Waals surface area contributed by atoms with Gasteiger partial charge in [-0.2, -0.15) is 0 Å². The second-order valence-corrected chi connectivity index (χ2v) is 9.10. The molecule has 0 atom stereocenters. The number of thioether (sulfide) groups is 1. The fourth-order valence-electron chi connectivity index (χ4n) is 3.01. The molecule has 5 nitrogen and oxygen atoms in total. The van der Waals surface area contributed by atoms with Gasteiger partial charge in [0, 0.05) is 11.6 Å². The fraction of sp³-hybridized carbons (Fsp3) is 0.250. The van der Waals surface area contributed by atoms with Crippen molar-refractivity contribution in [3.8, 4) is 11.5 Å². The third-order valence-electron chi connectivity index (χ3n) is 4.36. The van der Waals surface area contributed by atoms with Crippen LogP contribution in [0.25, 0.3) is 6.08 Å². The van der Waals surface area contributed by atoms with E-state index in [2.05, 4.69) is 27.5 Å². The van der Waals surface area contributed by atoms with Crippen molar-refractivity contribution in [2.24, 2.45) is 4.99 Å². The van der Waals surface area contributed by atoms with Crippen LogP contribution < -0.4 is 9.47 Å². The van der Waals surface area contributed by atoms with Gasteiger partial charge in [0.05, 0.1) is 21.7 Å². The smallest absolute Gasteiger partial charge is 0.266 e. The first kappa shape index (κ1) is 24.4. The van der Waals surface area contributed by atoms with Gasteiger partial charge in [-0.15, -0.1) is 0 Å². The maximum atomic E-state index is 13.1. The Balaban J connectivity index is 1.95. The molecule has 1 aliphatic heterocycles. The molecular weight excluding hydrogens is 512 g/mol. The van der Waals surface area contributed by atoms with Crippen molar-refractivity contribution in [2.75, 3.05) is 19.8 Å². The van der Waals surface area contributed by atoms with Crippen LogP contribution in [-0.4, -0.2) is 35.7 Å². The molecule has 0 aromatic heterocycles. The normalized spacial score (nSPS) is 16.1. The lowest BCUT2D eigenvalue weighted by atomic mass is 10.2. The first-order valence-corrected chi connectivity index (χ1v) is 12.2. The molecular formula is C24H24BrClN2O3S. The predicted molar refractivity (Wildman–Crippen MR) is 137 cm³/mol. The van der Waals surface area contributed by atoms with Gasteiger partial charge < -0.3 is 9.47 Å². The molecule has 168 valence electrons. The number of aliphatic imine (C=N–C) groups is 1. The lowest BCUT2D eigenvalue weighted by Crippen LogP contribution is -2.29. The highest BCUT2D eigenvalue weighted by Crippen LogP contribution is 2.40. The summed E-state index contributed by atoms with van der Waals surface area (Å²) >= 11 is 10.9. The number of carbonyl (C=O) groups excluding carboxylic acids is 1. The van der Waals surface area contributed by atoms with Crippen LogP contribution in [-0.2, 0) is 4.79 Å². The monoisotopic (exact) mass is 534 g/mol. The standard InChI is InChI=1S/C24H24BrClN2O3S/c1-4-11-28-23(29)21(32-24(28)27-18-9-7-17(26)8-10-18)15-16-13-19(25)22(31-12-5-2)20(14-16)30-6-3/h5,7-10,13-15H,2,4,6,11-12H2,1,3H3/b21-15-,27-24?. The minimum atomic E-state index is -0.0642. The largest absolute Gasteiger partial charge is 0.490 e. The summed E-state index contributed by atoms with van der Waals surface area (Å²) in [6.45, 7) is 9.08. The highest BCUT2D eigenvalue weighted by Gasteiger charge is 2.33. The summed E-state index contributed by atoms with van der Waals surface area (Å²) in [6.07, 6.45) is 4.36. The number of carbonyl (C=O) groups is 1. The van der Waals surface area contributed by atoms with Gasteiger partial charge in [0.25, 0.3) is 5.91 Å². The summed E-state index contributed by atoms with van der Waals surface area (Å²) in [6, 6.07) is 11.0. The van der Waals surface area contributed by atoms with Gasteiger partial charge in [-0.05, 0) is 89.1 Å². The summed E-state index contributed by atoms with van der Waals surface area (Å²) in [7, 11) is 0. The van der Waals surface area contributed by atoms with Crippen molar-refractivity contribution < 1.29 is 14.3 Å². The van der Waals surface area contributed by atoms with E-state index in [4.69, 9.17) is 21.1 Å². The molecule has 1 heterocycles. The van der Waals surface area contributed by atoms with E-state index in [0.29, 0.717) is 46.4 Å². The van der Waals surface area contributed by atoms with E-state index in [-0.39, 0.29) is 5.91 Å². The molecule has 1 fully saturated rings. The Hall–Kier alpha value is -2.22. The van der Waals surface area contributed by atoms with Crippen LogP contribution >= 0.6 is 39.3 Å². The van der Waals surface area contributed by atoms with Crippen molar-refractivity contribution in [3.63, 3.8) is 0 Å². The molecule has 0 radical (unpaired) electrons. The van der Waals surface area contributed by atoms with Crippen molar-refractivity contribution >= 4 is 62.1 Å².